The minimum absolute atomic E-state index is 0.0451. The number of methoxy groups -OCH3 is 1. The van der Waals surface area contributed by atoms with Gasteiger partial charge in [-0.25, -0.2) is 4.98 Å². The quantitative estimate of drug-likeness (QED) is 0.655. The van der Waals surface area contributed by atoms with Crippen LogP contribution in [0.5, 0.6) is 5.75 Å². The second-order valence-electron chi connectivity index (χ2n) is 7.46. The highest BCUT2D eigenvalue weighted by Gasteiger charge is 2.25. The SMILES string of the molecule is COc1ccc(CNC(=O)c2ncoc2-c2ccccc2C(=O)N2CCCCC2)cc1. The Morgan fingerprint density at radius 3 is 2.55 bits per heavy atom. The van der Waals surface area contributed by atoms with E-state index in [1.54, 1.807) is 19.2 Å². The molecule has 7 nitrogen and oxygen atoms in total. The van der Waals surface area contributed by atoms with E-state index < -0.39 is 0 Å². The molecule has 1 saturated heterocycles. The number of likely N-dealkylation sites (tertiary alicyclic amines) is 1. The molecule has 4 rings (SSSR count). The molecule has 0 saturated carbocycles. The summed E-state index contributed by atoms with van der Waals surface area (Å²) in [6, 6.07) is 14.7. The van der Waals surface area contributed by atoms with Gasteiger partial charge in [0.2, 0.25) is 0 Å². The van der Waals surface area contributed by atoms with Crippen molar-refractivity contribution in [2.24, 2.45) is 0 Å². The molecule has 0 bridgehead atoms. The van der Waals surface area contributed by atoms with Crippen LogP contribution in [0.3, 0.4) is 0 Å². The summed E-state index contributed by atoms with van der Waals surface area (Å²) in [5, 5.41) is 2.86. The Balaban J connectivity index is 1.53. The van der Waals surface area contributed by atoms with Crippen LogP contribution in [0.25, 0.3) is 11.3 Å². The lowest BCUT2D eigenvalue weighted by Crippen LogP contribution is -2.35. The molecule has 0 atom stereocenters. The number of carbonyl (C=O) groups excluding carboxylic acids is 2. The Morgan fingerprint density at radius 1 is 1.06 bits per heavy atom. The first-order valence-corrected chi connectivity index (χ1v) is 10.4. The summed E-state index contributed by atoms with van der Waals surface area (Å²) in [6.07, 6.45) is 4.40. The third-order valence-electron chi connectivity index (χ3n) is 5.44. The van der Waals surface area contributed by atoms with E-state index in [9.17, 15) is 9.59 Å². The summed E-state index contributed by atoms with van der Waals surface area (Å²) in [7, 11) is 1.61. The van der Waals surface area contributed by atoms with Crippen molar-refractivity contribution >= 4 is 11.8 Å². The fourth-order valence-corrected chi connectivity index (χ4v) is 3.74. The van der Waals surface area contributed by atoms with Crippen molar-refractivity contribution in [3.05, 3.63) is 71.7 Å². The van der Waals surface area contributed by atoms with Crippen molar-refractivity contribution < 1.29 is 18.7 Å². The van der Waals surface area contributed by atoms with Crippen LogP contribution in [-0.2, 0) is 6.54 Å². The maximum absolute atomic E-state index is 13.1. The largest absolute Gasteiger partial charge is 0.497 e. The second kappa shape index (κ2) is 9.47. The Bertz CT molecular complexity index is 1050. The van der Waals surface area contributed by atoms with Crippen LogP contribution in [0.15, 0.2) is 59.3 Å². The molecule has 2 amide bonds. The molecular weight excluding hydrogens is 394 g/mol. The lowest BCUT2D eigenvalue weighted by molar-refractivity contribution is 0.0724. The first-order valence-electron chi connectivity index (χ1n) is 10.4. The van der Waals surface area contributed by atoms with Gasteiger partial charge in [-0.05, 0) is 43.0 Å². The molecule has 0 unspecified atom stereocenters. The van der Waals surface area contributed by atoms with Gasteiger partial charge in [0.25, 0.3) is 11.8 Å². The van der Waals surface area contributed by atoms with Gasteiger partial charge in [0.15, 0.2) is 17.8 Å². The van der Waals surface area contributed by atoms with E-state index >= 15 is 0 Å². The number of carbonyl (C=O) groups is 2. The smallest absolute Gasteiger partial charge is 0.274 e. The fourth-order valence-electron chi connectivity index (χ4n) is 3.74. The lowest BCUT2D eigenvalue weighted by Gasteiger charge is -2.27. The summed E-state index contributed by atoms with van der Waals surface area (Å²) >= 11 is 0. The fraction of sp³-hybridized carbons (Fsp3) is 0.292. The summed E-state index contributed by atoms with van der Waals surface area (Å²) < 4.78 is 10.7. The van der Waals surface area contributed by atoms with Crippen molar-refractivity contribution in [2.45, 2.75) is 25.8 Å². The molecule has 1 aromatic heterocycles. The topological polar surface area (TPSA) is 84.7 Å². The van der Waals surface area contributed by atoms with E-state index in [1.807, 2.05) is 41.3 Å². The first kappa shape index (κ1) is 20.7. The number of hydrogen-bond acceptors (Lipinski definition) is 5. The molecule has 1 fully saturated rings. The van der Waals surface area contributed by atoms with Crippen LogP contribution in [0, 0.1) is 0 Å². The molecule has 160 valence electrons. The van der Waals surface area contributed by atoms with Gasteiger partial charge in [-0.1, -0.05) is 30.3 Å². The first-order chi connectivity index (χ1) is 15.2. The summed E-state index contributed by atoms with van der Waals surface area (Å²) in [5.74, 6) is 0.646. The Labute approximate surface area is 181 Å². The van der Waals surface area contributed by atoms with Crippen molar-refractivity contribution in [3.63, 3.8) is 0 Å². The normalized spacial score (nSPS) is 13.6. The van der Waals surface area contributed by atoms with Gasteiger partial charge in [-0.2, -0.15) is 0 Å². The highest BCUT2D eigenvalue weighted by molar-refractivity contribution is 6.04. The van der Waals surface area contributed by atoms with E-state index in [1.165, 1.54) is 6.39 Å². The van der Waals surface area contributed by atoms with Crippen molar-refractivity contribution in [1.82, 2.24) is 15.2 Å². The van der Waals surface area contributed by atoms with E-state index in [0.717, 1.165) is 43.7 Å². The van der Waals surface area contributed by atoms with Crippen molar-refractivity contribution in [1.29, 1.82) is 0 Å². The number of oxazole rings is 1. The average Bonchev–Trinajstić information content (AvgIpc) is 3.33. The number of nitrogens with zero attached hydrogens (tertiary/aromatic N) is 2. The monoisotopic (exact) mass is 419 g/mol. The van der Waals surface area contributed by atoms with E-state index in [4.69, 9.17) is 9.15 Å². The third-order valence-corrected chi connectivity index (χ3v) is 5.44. The standard InChI is InChI=1S/C24H25N3O4/c1-30-18-11-9-17(10-12-18)15-25-23(28)21-22(31-16-26-21)19-7-3-4-8-20(19)24(29)27-13-5-2-6-14-27/h3-4,7-12,16H,2,5-6,13-15H2,1H3,(H,25,28). The van der Waals surface area contributed by atoms with Gasteiger partial charge in [-0.3, -0.25) is 9.59 Å². The molecule has 1 aliphatic rings. The summed E-state index contributed by atoms with van der Waals surface area (Å²) in [4.78, 5) is 31.9. The Hall–Kier alpha value is -3.61. The van der Waals surface area contributed by atoms with Crippen LogP contribution in [-0.4, -0.2) is 41.9 Å². The number of amides is 2. The van der Waals surface area contributed by atoms with Gasteiger partial charge < -0.3 is 19.4 Å². The van der Waals surface area contributed by atoms with Crippen LogP contribution in [0.2, 0.25) is 0 Å². The summed E-state index contributed by atoms with van der Waals surface area (Å²) in [5.41, 5.74) is 2.18. The molecule has 0 spiro atoms. The molecule has 1 aliphatic heterocycles. The molecule has 0 aliphatic carbocycles. The number of nitrogens with one attached hydrogen (secondary N) is 1. The minimum Gasteiger partial charge on any atom is -0.497 e. The molecule has 2 heterocycles. The maximum atomic E-state index is 13.1. The Morgan fingerprint density at radius 2 is 1.81 bits per heavy atom. The van der Waals surface area contributed by atoms with Crippen molar-refractivity contribution in [2.75, 3.05) is 20.2 Å². The predicted octanol–water partition coefficient (Wildman–Crippen LogP) is 3.91. The van der Waals surface area contributed by atoms with Gasteiger partial charge in [0.1, 0.15) is 5.75 Å². The van der Waals surface area contributed by atoms with Crippen LogP contribution < -0.4 is 10.1 Å². The maximum Gasteiger partial charge on any atom is 0.274 e. The molecule has 31 heavy (non-hydrogen) atoms. The molecule has 2 aromatic carbocycles. The molecular formula is C24H25N3O4. The van der Waals surface area contributed by atoms with Crippen LogP contribution >= 0.6 is 0 Å². The van der Waals surface area contributed by atoms with E-state index in [0.29, 0.717) is 23.4 Å². The lowest BCUT2D eigenvalue weighted by atomic mass is 10.0. The number of hydrogen-bond donors (Lipinski definition) is 1. The van der Waals surface area contributed by atoms with Gasteiger partial charge >= 0.3 is 0 Å². The zero-order chi connectivity index (χ0) is 21.6. The minimum atomic E-state index is -0.361. The molecule has 3 aromatic rings. The highest BCUT2D eigenvalue weighted by atomic mass is 16.5. The number of piperidine rings is 1. The second-order valence-corrected chi connectivity index (χ2v) is 7.46. The average molecular weight is 419 g/mol. The number of rotatable bonds is 6. The molecule has 0 radical (unpaired) electrons. The van der Waals surface area contributed by atoms with E-state index in [-0.39, 0.29) is 17.5 Å². The predicted molar refractivity (Wildman–Crippen MR) is 116 cm³/mol. The van der Waals surface area contributed by atoms with E-state index in [2.05, 4.69) is 10.3 Å². The van der Waals surface area contributed by atoms with Crippen LogP contribution in [0.1, 0.15) is 45.7 Å². The van der Waals surface area contributed by atoms with Gasteiger partial charge in [0.05, 0.1) is 12.7 Å². The van der Waals surface area contributed by atoms with Gasteiger partial charge in [0, 0.05) is 25.2 Å². The number of benzene rings is 2. The number of ether oxygens (including phenoxy) is 1. The summed E-state index contributed by atoms with van der Waals surface area (Å²) in [6.45, 7) is 1.83. The zero-order valence-corrected chi connectivity index (χ0v) is 17.5. The van der Waals surface area contributed by atoms with Crippen LogP contribution in [0.4, 0.5) is 0 Å². The Kier molecular flexibility index (Phi) is 6.31. The highest BCUT2D eigenvalue weighted by Crippen LogP contribution is 2.28. The third kappa shape index (κ3) is 4.60. The zero-order valence-electron chi connectivity index (χ0n) is 17.5. The van der Waals surface area contributed by atoms with Crippen molar-refractivity contribution in [3.8, 4) is 17.1 Å². The molecule has 7 heteroatoms. The van der Waals surface area contributed by atoms with Gasteiger partial charge in [-0.15, -0.1) is 0 Å². The number of aromatic nitrogens is 1. The molecule has 1 N–H and O–H groups in total.